The van der Waals surface area contributed by atoms with E-state index in [9.17, 15) is 9.59 Å². The standard InChI is InChI=1S/C17H21BrN2O4/c1-17(2,3)24-16(22)20-13(15(21)23-4)8-10-9-19-14-11(10)6-5-7-12(14)18/h5-7,9,13,19H,8H2,1-4H3,(H,20,22). The Labute approximate surface area is 149 Å². The number of aromatic amines is 1. The first-order valence-electron chi connectivity index (χ1n) is 7.53. The zero-order valence-corrected chi connectivity index (χ0v) is 15.7. The van der Waals surface area contributed by atoms with Crippen LogP contribution in [-0.2, 0) is 20.7 Å². The van der Waals surface area contributed by atoms with Gasteiger partial charge in [-0.25, -0.2) is 9.59 Å². The Hall–Kier alpha value is -2.02. The molecule has 7 heteroatoms. The van der Waals surface area contributed by atoms with Gasteiger partial charge in [-0.2, -0.15) is 0 Å². The molecule has 24 heavy (non-hydrogen) atoms. The van der Waals surface area contributed by atoms with Gasteiger partial charge in [0, 0.05) is 22.5 Å². The van der Waals surface area contributed by atoms with Crippen LogP contribution in [0.5, 0.6) is 0 Å². The summed E-state index contributed by atoms with van der Waals surface area (Å²) in [6.45, 7) is 5.28. The van der Waals surface area contributed by atoms with Gasteiger partial charge in [0.05, 0.1) is 12.6 Å². The monoisotopic (exact) mass is 396 g/mol. The number of benzene rings is 1. The van der Waals surface area contributed by atoms with Crippen LogP contribution >= 0.6 is 15.9 Å². The fraction of sp³-hybridized carbons (Fsp3) is 0.412. The van der Waals surface area contributed by atoms with E-state index in [1.807, 2.05) is 24.4 Å². The lowest BCUT2D eigenvalue weighted by atomic mass is 10.1. The normalized spacial score (nSPS) is 12.7. The first kappa shape index (κ1) is 18.3. The van der Waals surface area contributed by atoms with E-state index in [-0.39, 0.29) is 0 Å². The average Bonchev–Trinajstić information content (AvgIpc) is 2.88. The van der Waals surface area contributed by atoms with Crippen LogP contribution in [0.15, 0.2) is 28.9 Å². The fourth-order valence-corrected chi connectivity index (χ4v) is 2.83. The first-order valence-corrected chi connectivity index (χ1v) is 8.32. The quantitative estimate of drug-likeness (QED) is 0.774. The molecule has 1 aromatic carbocycles. The highest BCUT2D eigenvalue weighted by Gasteiger charge is 2.26. The Morgan fingerprint density at radius 2 is 2.04 bits per heavy atom. The zero-order valence-electron chi connectivity index (χ0n) is 14.1. The third-order valence-corrected chi connectivity index (χ3v) is 4.01. The number of methoxy groups -OCH3 is 1. The van der Waals surface area contributed by atoms with Crippen molar-refractivity contribution in [2.45, 2.75) is 38.8 Å². The molecule has 0 aliphatic rings. The number of esters is 1. The number of hydrogen-bond donors (Lipinski definition) is 2. The summed E-state index contributed by atoms with van der Waals surface area (Å²) < 4.78 is 10.9. The minimum absolute atomic E-state index is 0.294. The molecule has 0 fully saturated rings. The largest absolute Gasteiger partial charge is 0.467 e. The van der Waals surface area contributed by atoms with Crippen LogP contribution in [0.1, 0.15) is 26.3 Å². The molecule has 1 atom stereocenters. The second-order valence-corrected chi connectivity index (χ2v) is 7.26. The maximum atomic E-state index is 12.0. The van der Waals surface area contributed by atoms with E-state index in [1.54, 1.807) is 20.8 Å². The first-order chi connectivity index (χ1) is 11.2. The predicted octanol–water partition coefficient (Wildman–Crippen LogP) is 3.54. The average molecular weight is 397 g/mol. The molecular formula is C17H21BrN2O4. The molecule has 2 aromatic rings. The van der Waals surface area contributed by atoms with Crippen molar-refractivity contribution in [3.8, 4) is 0 Å². The molecular weight excluding hydrogens is 376 g/mol. The number of nitrogens with one attached hydrogen (secondary N) is 2. The molecule has 2 N–H and O–H groups in total. The van der Waals surface area contributed by atoms with Crippen molar-refractivity contribution in [2.24, 2.45) is 0 Å². The predicted molar refractivity (Wildman–Crippen MR) is 94.9 cm³/mol. The van der Waals surface area contributed by atoms with Gasteiger partial charge >= 0.3 is 12.1 Å². The minimum Gasteiger partial charge on any atom is -0.467 e. The van der Waals surface area contributed by atoms with Crippen molar-refractivity contribution in [3.63, 3.8) is 0 Å². The lowest BCUT2D eigenvalue weighted by Crippen LogP contribution is -2.45. The number of aromatic nitrogens is 1. The van der Waals surface area contributed by atoms with Gasteiger partial charge in [-0.05, 0) is 48.3 Å². The summed E-state index contributed by atoms with van der Waals surface area (Å²) in [5.74, 6) is -0.523. The summed E-state index contributed by atoms with van der Waals surface area (Å²) in [7, 11) is 1.29. The number of hydrogen-bond acceptors (Lipinski definition) is 4. The van der Waals surface area contributed by atoms with Crippen LogP contribution < -0.4 is 5.32 Å². The molecule has 0 spiro atoms. The van der Waals surface area contributed by atoms with E-state index in [0.29, 0.717) is 6.42 Å². The summed E-state index contributed by atoms with van der Waals surface area (Å²) in [5.41, 5.74) is 1.20. The highest BCUT2D eigenvalue weighted by atomic mass is 79.9. The number of para-hydroxylation sites is 1. The maximum Gasteiger partial charge on any atom is 0.408 e. The smallest absolute Gasteiger partial charge is 0.408 e. The highest BCUT2D eigenvalue weighted by molar-refractivity contribution is 9.10. The van der Waals surface area contributed by atoms with E-state index in [4.69, 9.17) is 9.47 Å². The van der Waals surface area contributed by atoms with Crippen LogP contribution in [-0.4, -0.2) is 35.8 Å². The van der Waals surface area contributed by atoms with Crippen LogP contribution in [0.3, 0.4) is 0 Å². The lowest BCUT2D eigenvalue weighted by Gasteiger charge is -2.22. The fourth-order valence-electron chi connectivity index (χ4n) is 2.35. The molecule has 0 aliphatic heterocycles. The molecule has 1 unspecified atom stereocenters. The van der Waals surface area contributed by atoms with Gasteiger partial charge in [0.2, 0.25) is 0 Å². The molecule has 0 saturated carbocycles. The van der Waals surface area contributed by atoms with Crippen molar-refractivity contribution < 1.29 is 19.1 Å². The van der Waals surface area contributed by atoms with Crippen LogP contribution in [0.4, 0.5) is 4.79 Å². The van der Waals surface area contributed by atoms with Crippen molar-refractivity contribution >= 4 is 38.9 Å². The molecule has 1 amide bonds. The summed E-state index contributed by atoms with van der Waals surface area (Å²) >= 11 is 3.48. The van der Waals surface area contributed by atoms with Crippen LogP contribution in [0, 0.1) is 0 Å². The summed E-state index contributed by atoms with van der Waals surface area (Å²) in [5, 5.41) is 3.56. The van der Waals surface area contributed by atoms with Gasteiger partial charge < -0.3 is 19.8 Å². The number of rotatable bonds is 4. The number of halogens is 1. The zero-order chi connectivity index (χ0) is 17.9. The Bertz CT molecular complexity index is 749. The summed E-state index contributed by atoms with van der Waals surface area (Å²) in [6, 6.07) is 4.97. The Morgan fingerprint density at radius 3 is 2.67 bits per heavy atom. The third kappa shape index (κ3) is 4.50. The molecule has 0 radical (unpaired) electrons. The molecule has 0 saturated heterocycles. The Kier molecular flexibility index (Phi) is 5.54. The van der Waals surface area contributed by atoms with Gasteiger partial charge in [0.15, 0.2) is 0 Å². The van der Waals surface area contributed by atoms with Gasteiger partial charge in [0.1, 0.15) is 11.6 Å². The number of H-pyrrole nitrogens is 1. The third-order valence-electron chi connectivity index (χ3n) is 3.35. The molecule has 1 heterocycles. The van der Waals surface area contributed by atoms with Gasteiger partial charge in [0.25, 0.3) is 0 Å². The SMILES string of the molecule is COC(=O)C(Cc1c[nH]c2c(Br)cccc12)NC(=O)OC(C)(C)C. The van der Waals surface area contributed by atoms with Gasteiger partial charge in [-0.15, -0.1) is 0 Å². The van der Waals surface area contributed by atoms with E-state index in [0.717, 1.165) is 20.9 Å². The lowest BCUT2D eigenvalue weighted by molar-refractivity contribution is -0.143. The number of amides is 1. The number of carbonyl (C=O) groups is 2. The molecule has 0 aliphatic carbocycles. The molecule has 0 bridgehead atoms. The second-order valence-electron chi connectivity index (χ2n) is 6.40. The number of ether oxygens (including phenoxy) is 2. The Balaban J connectivity index is 2.21. The maximum absolute atomic E-state index is 12.0. The van der Waals surface area contributed by atoms with Crippen LogP contribution in [0.2, 0.25) is 0 Å². The van der Waals surface area contributed by atoms with E-state index in [1.165, 1.54) is 7.11 Å². The van der Waals surface area contributed by atoms with E-state index >= 15 is 0 Å². The molecule has 130 valence electrons. The van der Waals surface area contributed by atoms with Crippen molar-refractivity contribution in [1.82, 2.24) is 10.3 Å². The Morgan fingerprint density at radius 1 is 1.33 bits per heavy atom. The van der Waals surface area contributed by atoms with Crippen molar-refractivity contribution in [1.29, 1.82) is 0 Å². The molecule has 1 aromatic heterocycles. The summed E-state index contributed by atoms with van der Waals surface area (Å²) in [6.07, 6.45) is 1.46. The van der Waals surface area contributed by atoms with Gasteiger partial charge in [-0.1, -0.05) is 12.1 Å². The number of carbonyl (C=O) groups excluding carboxylic acids is 2. The topological polar surface area (TPSA) is 80.4 Å². The van der Waals surface area contributed by atoms with Crippen molar-refractivity contribution in [3.05, 3.63) is 34.4 Å². The summed E-state index contributed by atoms with van der Waals surface area (Å²) in [4.78, 5) is 27.2. The van der Waals surface area contributed by atoms with Crippen molar-refractivity contribution in [2.75, 3.05) is 7.11 Å². The minimum atomic E-state index is -0.831. The number of alkyl carbamates (subject to hydrolysis) is 1. The van der Waals surface area contributed by atoms with Crippen LogP contribution in [0.25, 0.3) is 10.9 Å². The second kappa shape index (κ2) is 7.25. The highest BCUT2D eigenvalue weighted by Crippen LogP contribution is 2.26. The molecule has 2 rings (SSSR count). The number of fused-ring (bicyclic) bond motifs is 1. The van der Waals surface area contributed by atoms with Gasteiger partial charge in [-0.3, -0.25) is 0 Å². The van der Waals surface area contributed by atoms with E-state index in [2.05, 4.69) is 26.2 Å². The molecule has 6 nitrogen and oxygen atoms in total. The van der Waals surface area contributed by atoms with E-state index < -0.39 is 23.7 Å².